The summed E-state index contributed by atoms with van der Waals surface area (Å²) in [5.41, 5.74) is 0.368. The smallest absolute Gasteiger partial charge is 0.115 e. The SMILES string of the molecule is CCCNC1C(Sc2cnccn2)CCCC1(C)C. The fourth-order valence-corrected chi connectivity index (χ4v) is 4.36. The molecule has 4 heteroatoms. The van der Waals surface area contributed by atoms with Gasteiger partial charge in [0.15, 0.2) is 0 Å². The average molecular weight is 279 g/mol. The second-order valence-electron chi connectivity index (χ2n) is 6.01. The normalized spacial score (nSPS) is 26.3. The molecule has 0 aromatic carbocycles. The van der Waals surface area contributed by atoms with Crippen LogP contribution in [0.2, 0.25) is 0 Å². The Bertz CT molecular complexity index is 380. The van der Waals surface area contributed by atoms with Crippen LogP contribution in [0, 0.1) is 5.41 Å². The lowest BCUT2D eigenvalue weighted by atomic mass is 9.73. The van der Waals surface area contributed by atoms with E-state index in [1.807, 2.05) is 18.0 Å². The van der Waals surface area contributed by atoms with Crippen LogP contribution in [0.1, 0.15) is 46.5 Å². The van der Waals surface area contributed by atoms with Gasteiger partial charge < -0.3 is 5.32 Å². The predicted octanol–water partition coefficient (Wildman–Crippen LogP) is 3.52. The molecule has 0 saturated heterocycles. The molecule has 0 bridgehead atoms. The number of aromatic nitrogens is 2. The lowest BCUT2D eigenvalue weighted by molar-refractivity contribution is 0.175. The van der Waals surface area contributed by atoms with Crippen LogP contribution in [0.15, 0.2) is 23.6 Å². The van der Waals surface area contributed by atoms with Crippen molar-refractivity contribution in [1.29, 1.82) is 0 Å². The van der Waals surface area contributed by atoms with Crippen molar-refractivity contribution < 1.29 is 0 Å². The van der Waals surface area contributed by atoms with Crippen LogP contribution >= 0.6 is 11.8 Å². The zero-order valence-corrected chi connectivity index (χ0v) is 13.0. The van der Waals surface area contributed by atoms with Crippen LogP contribution < -0.4 is 5.32 Å². The Kier molecular flexibility index (Phi) is 5.22. The maximum atomic E-state index is 4.41. The molecule has 106 valence electrons. The molecule has 2 unspecified atom stereocenters. The molecular formula is C15H25N3S. The van der Waals surface area contributed by atoms with E-state index >= 15 is 0 Å². The highest BCUT2D eigenvalue weighted by Gasteiger charge is 2.39. The van der Waals surface area contributed by atoms with Gasteiger partial charge in [-0.3, -0.25) is 4.98 Å². The average Bonchev–Trinajstić information content (AvgIpc) is 2.38. The number of hydrogen-bond donors (Lipinski definition) is 1. The van der Waals surface area contributed by atoms with Gasteiger partial charge in [0.1, 0.15) is 5.03 Å². The minimum atomic E-state index is 0.368. The third-order valence-electron chi connectivity index (χ3n) is 3.95. The van der Waals surface area contributed by atoms with Gasteiger partial charge in [0.25, 0.3) is 0 Å². The van der Waals surface area contributed by atoms with E-state index in [0.717, 1.165) is 11.6 Å². The molecule has 0 spiro atoms. The number of rotatable bonds is 5. The molecule has 0 amide bonds. The van der Waals surface area contributed by atoms with E-state index in [4.69, 9.17) is 0 Å². The molecule has 1 aliphatic rings. The standard InChI is InChI=1S/C15H25N3S/c1-4-8-18-14-12(6-5-7-15(14,2)3)19-13-11-16-9-10-17-13/h9-12,14,18H,4-8H2,1-3H3. The molecule has 2 atom stereocenters. The van der Waals surface area contributed by atoms with E-state index in [1.165, 1.54) is 25.7 Å². The van der Waals surface area contributed by atoms with E-state index in [-0.39, 0.29) is 0 Å². The fraction of sp³-hybridized carbons (Fsp3) is 0.733. The van der Waals surface area contributed by atoms with Crippen LogP contribution in [0.25, 0.3) is 0 Å². The third kappa shape index (κ3) is 3.93. The number of nitrogens with one attached hydrogen (secondary N) is 1. The lowest BCUT2D eigenvalue weighted by Crippen LogP contribution is -2.51. The highest BCUT2D eigenvalue weighted by Crippen LogP contribution is 2.42. The van der Waals surface area contributed by atoms with Gasteiger partial charge in [-0.2, -0.15) is 0 Å². The maximum Gasteiger partial charge on any atom is 0.115 e. The molecule has 2 rings (SSSR count). The van der Waals surface area contributed by atoms with Gasteiger partial charge in [-0.25, -0.2) is 4.98 Å². The second kappa shape index (κ2) is 6.71. The van der Waals surface area contributed by atoms with E-state index in [1.54, 1.807) is 12.4 Å². The highest BCUT2D eigenvalue weighted by molar-refractivity contribution is 7.99. The first-order chi connectivity index (χ1) is 9.13. The van der Waals surface area contributed by atoms with Gasteiger partial charge in [-0.15, -0.1) is 0 Å². The van der Waals surface area contributed by atoms with Crippen molar-refractivity contribution in [1.82, 2.24) is 15.3 Å². The van der Waals surface area contributed by atoms with Gasteiger partial charge in [0, 0.05) is 23.7 Å². The Morgan fingerprint density at radius 3 is 2.95 bits per heavy atom. The Morgan fingerprint density at radius 2 is 2.26 bits per heavy atom. The third-order valence-corrected chi connectivity index (χ3v) is 5.21. The van der Waals surface area contributed by atoms with Crippen molar-refractivity contribution in [2.45, 2.75) is 62.8 Å². The number of nitrogens with zero attached hydrogens (tertiary/aromatic N) is 2. The minimum absolute atomic E-state index is 0.368. The molecule has 1 aromatic rings. The summed E-state index contributed by atoms with van der Waals surface area (Å²) in [5.74, 6) is 0. The summed E-state index contributed by atoms with van der Waals surface area (Å²) < 4.78 is 0. The van der Waals surface area contributed by atoms with Crippen molar-refractivity contribution in [3.63, 3.8) is 0 Å². The summed E-state index contributed by atoms with van der Waals surface area (Å²) in [6.45, 7) is 8.12. The largest absolute Gasteiger partial charge is 0.312 e. The molecule has 0 radical (unpaired) electrons. The zero-order chi connectivity index (χ0) is 13.7. The molecule has 19 heavy (non-hydrogen) atoms. The first-order valence-electron chi connectivity index (χ1n) is 7.29. The van der Waals surface area contributed by atoms with Crippen molar-refractivity contribution >= 4 is 11.8 Å². The van der Waals surface area contributed by atoms with Gasteiger partial charge >= 0.3 is 0 Å². The first-order valence-corrected chi connectivity index (χ1v) is 8.17. The first kappa shape index (κ1) is 14.8. The van der Waals surface area contributed by atoms with Crippen LogP contribution in [-0.2, 0) is 0 Å². The lowest BCUT2D eigenvalue weighted by Gasteiger charge is -2.44. The van der Waals surface area contributed by atoms with E-state index < -0.39 is 0 Å². The monoisotopic (exact) mass is 279 g/mol. The van der Waals surface area contributed by atoms with Crippen molar-refractivity contribution in [2.75, 3.05) is 6.54 Å². The number of thioether (sulfide) groups is 1. The zero-order valence-electron chi connectivity index (χ0n) is 12.2. The molecular weight excluding hydrogens is 254 g/mol. The summed E-state index contributed by atoms with van der Waals surface area (Å²) in [4.78, 5) is 8.58. The van der Waals surface area contributed by atoms with Crippen molar-refractivity contribution in [3.05, 3.63) is 18.6 Å². The molecule has 1 aromatic heterocycles. The van der Waals surface area contributed by atoms with E-state index in [2.05, 4.69) is 36.1 Å². The van der Waals surface area contributed by atoms with Gasteiger partial charge in [-0.05, 0) is 31.2 Å². The molecule has 1 fully saturated rings. The van der Waals surface area contributed by atoms with Crippen LogP contribution in [0.4, 0.5) is 0 Å². The molecule has 1 N–H and O–H groups in total. The summed E-state index contributed by atoms with van der Waals surface area (Å²) in [6, 6.07) is 0.563. The molecule has 0 aliphatic heterocycles. The van der Waals surface area contributed by atoms with Crippen molar-refractivity contribution in [3.8, 4) is 0 Å². The highest BCUT2D eigenvalue weighted by atomic mass is 32.2. The predicted molar refractivity (Wildman–Crippen MR) is 81.4 cm³/mol. The Labute approximate surface area is 121 Å². The Balaban J connectivity index is 2.07. The minimum Gasteiger partial charge on any atom is -0.312 e. The van der Waals surface area contributed by atoms with Crippen LogP contribution in [0.5, 0.6) is 0 Å². The van der Waals surface area contributed by atoms with Crippen molar-refractivity contribution in [2.24, 2.45) is 5.41 Å². The Hall–Kier alpha value is -0.610. The second-order valence-corrected chi connectivity index (χ2v) is 7.27. The van der Waals surface area contributed by atoms with Gasteiger partial charge in [0.2, 0.25) is 0 Å². The molecule has 3 nitrogen and oxygen atoms in total. The van der Waals surface area contributed by atoms with Crippen LogP contribution in [-0.4, -0.2) is 27.8 Å². The van der Waals surface area contributed by atoms with Gasteiger partial charge in [0.05, 0.1) is 6.20 Å². The fourth-order valence-electron chi connectivity index (χ4n) is 2.92. The summed E-state index contributed by atoms with van der Waals surface area (Å²) in [6.07, 6.45) is 10.5. The maximum absolute atomic E-state index is 4.41. The summed E-state index contributed by atoms with van der Waals surface area (Å²) in [5, 5.41) is 5.42. The molecule has 1 saturated carbocycles. The summed E-state index contributed by atoms with van der Waals surface area (Å²) in [7, 11) is 0. The van der Waals surface area contributed by atoms with Crippen LogP contribution in [0.3, 0.4) is 0 Å². The van der Waals surface area contributed by atoms with E-state index in [9.17, 15) is 0 Å². The Morgan fingerprint density at radius 1 is 1.42 bits per heavy atom. The summed E-state index contributed by atoms with van der Waals surface area (Å²) >= 11 is 1.89. The molecule has 1 heterocycles. The van der Waals surface area contributed by atoms with Gasteiger partial charge in [-0.1, -0.05) is 39.0 Å². The topological polar surface area (TPSA) is 37.8 Å². The van der Waals surface area contributed by atoms with E-state index in [0.29, 0.717) is 16.7 Å². The number of hydrogen-bond acceptors (Lipinski definition) is 4. The quantitative estimate of drug-likeness (QED) is 0.895. The molecule has 1 aliphatic carbocycles.